The van der Waals surface area contributed by atoms with Crippen molar-refractivity contribution in [1.29, 1.82) is 5.41 Å². The van der Waals surface area contributed by atoms with E-state index in [0.29, 0.717) is 22.8 Å². The predicted octanol–water partition coefficient (Wildman–Crippen LogP) is 2.98. The lowest BCUT2D eigenvalue weighted by atomic mass is 10.0. The summed E-state index contributed by atoms with van der Waals surface area (Å²) in [6, 6.07) is 9.66. The van der Waals surface area contributed by atoms with Gasteiger partial charge in [0.15, 0.2) is 0 Å². The Hall–Kier alpha value is -3.52. The van der Waals surface area contributed by atoms with Crippen molar-refractivity contribution >= 4 is 17.2 Å². The molecule has 3 aromatic heterocycles. The first-order valence-corrected chi connectivity index (χ1v) is 10.8. The number of ether oxygens (including phenoxy) is 1. The fourth-order valence-electron chi connectivity index (χ4n) is 3.75. The van der Waals surface area contributed by atoms with Crippen molar-refractivity contribution in [2.24, 2.45) is 0 Å². The zero-order chi connectivity index (χ0) is 22.5. The lowest BCUT2D eigenvalue weighted by Crippen LogP contribution is -2.46. The first kappa shape index (κ1) is 21.7. The van der Waals surface area contributed by atoms with Gasteiger partial charge in [-0.3, -0.25) is 15.3 Å². The van der Waals surface area contributed by atoms with E-state index in [1.54, 1.807) is 18.5 Å². The Balaban J connectivity index is 1.44. The van der Waals surface area contributed by atoms with Gasteiger partial charge >= 0.3 is 0 Å². The molecule has 1 aliphatic heterocycles. The van der Waals surface area contributed by atoms with Gasteiger partial charge in [0, 0.05) is 68.5 Å². The predicted molar refractivity (Wildman–Crippen MR) is 126 cm³/mol. The first-order chi connectivity index (χ1) is 15.5. The van der Waals surface area contributed by atoms with Crippen LogP contribution in [0.25, 0.3) is 0 Å². The number of pyridine rings is 3. The highest BCUT2D eigenvalue weighted by Crippen LogP contribution is 2.23. The third kappa shape index (κ3) is 5.20. The second-order valence-corrected chi connectivity index (χ2v) is 8.17. The van der Waals surface area contributed by atoms with Gasteiger partial charge < -0.3 is 15.4 Å². The summed E-state index contributed by atoms with van der Waals surface area (Å²) in [7, 11) is 0. The minimum absolute atomic E-state index is 0.00193. The molecule has 8 nitrogen and oxygen atoms in total. The number of nitrogens with two attached hydrogens (primary N) is 1. The molecule has 3 N–H and O–H groups in total. The summed E-state index contributed by atoms with van der Waals surface area (Å²) in [5, 5.41) is 8.74. The summed E-state index contributed by atoms with van der Waals surface area (Å²) in [6.07, 6.45) is 6.97. The monoisotopic (exact) mass is 431 g/mol. The van der Waals surface area contributed by atoms with Gasteiger partial charge in [-0.2, -0.15) is 0 Å². The van der Waals surface area contributed by atoms with Crippen LogP contribution < -0.4 is 15.4 Å². The number of nitrogens with one attached hydrogen (secondary N) is 1. The molecule has 0 radical (unpaired) electrons. The Morgan fingerprint density at radius 2 is 1.81 bits per heavy atom. The highest BCUT2D eigenvalue weighted by atomic mass is 16.5. The largest absolute Gasteiger partial charge is 0.475 e. The Labute approximate surface area is 188 Å². The van der Waals surface area contributed by atoms with E-state index in [-0.39, 0.29) is 6.10 Å². The number of piperazine rings is 1. The van der Waals surface area contributed by atoms with Gasteiger partial charge in [-0.15, -0.1) is 0 Å². The van der Waals surface area contributed by atoms with E-state index in [9.17, 15) is 0 Å². The molecule has 0 atom stereocenters. The van der Waals surface area contributed by atoms with Crippen molar-refractivity contribution in [2.75, 3.05) is 36.8 Å². The molecule has 32 heavy (non-hydrogen) atoms. The number of aromatic nitrogens is 3. The maximum absolute atomic E-state index is 8.74. The summed E-state index contributed by atoms with van der Waals surface area (Å²) < 4.78 is 5.68. The molecule has 8 heteroatoms. The quantitative estimate of drug-likeness (QED) is 0.554. The van der Waals surface area contributed by atoms with Crippen LogP contribution in [0.1, 0.15) is 30.5 Å². The van der Waals surface area contributed by atoms with Crippen LogP contribution in [0, 0.1) is 5.41 Å². The molecule has 0 bridgehead atoms. The zero-order valence-corrected chi connectivity index (χ0v) is 18.5. The highest BCUT2D eigenvalue weighted by molar-refractivity contribution is 6.14. The smallest absolute Gasteiger partial charge is 0.214 e. The van der Waals surface area contributed by atoms with E-state index in [0.717, 1.165) is 44.1 Å². The summed E-state index contributed by atoms with van der Waals surface area (Å²) in [5.41, 5.74) is 9.56. The van der Waals surface area contributed by atoms with E-state index < -0.39 is 0 Å². The van der Waals surface area contributed by atoms with Gasteiger partial charge in [-0.05, 0) is 43.7 Å². The number of nitrogens with zero attached hydrogens (tertiary/aromatic N) is 5. The van der Waals surface area contributed by atoms with Gasteiger partial charge in [0.25, 0.3) is 0 Å². The minimum atomic E-state index is -0.00193. The number of anilines is 2. The van der Waals surface area contributed by atoms with E-state index in [1.807, 2.05) is 38.4 Å². The topological polar surface area (TPSA) is 104 Å². The van der Waals surface area contributed by atoms with Crippen molar-refractivity contribution in [3.63, 3.8) is 0 Å². The molecule has 1 saturated heterocycles. The molecule has 0 aromatic carbocycles. The van der Waals surface area contributed by atoms with Crippen molar-refractivity contribution in [2.45, 2.75) is 26.5 Å². The molecule has 1 fully saturated rings. The van der Waals surface area contributed by atoms with Crippen molar-refractivity contribution in [3.05, 3.63) is 71.8 Å². The van der Waals surface area contributed by atoms with Crippen LogP contribution in [0.3, 0.4) is 0 Å². The molecule has 1 aliphatic rings. The van der Waals surface area contributed by atoms with Crippen LogP contribution in [0.4, 0.5) is 11.5 Å². The van der Waals surface area contributed by atoms with Gasteiger partial charge in [-0.25, -0.2) is 9.97 Å². The fraction of sp³-hybridized carbons (Fsp3) is 0.333. The Bertz CT molecular complexity index is 1060. The molecule has 0 unspecified atom stereocenters. The SMILES string of the molecule is CC(C)Oc1cc(C(=N)c2ccnc(N3CCN(Cc4ccncc4)CC3)c2)c(N)cn1. The molecule has 0 spiro atoms. The standard InChI is InChI=1S/C24H29N7O/c1-17(2)32-23-14-20(21(25)15-29-23)24(26)19-5-8-28-22(13-19)31-11-9-30(10-12-31)16-18-3-6-27-7-4-18/h3-8,13-15,17,26H,9-12,16,25H2,1-2H3. The van der Waals surface area contributed by atoms with Gasteiger partial charge in [0.2, 0.25) is 5.88 Å². The number of rotatable bonds is 7. The third-order valence-electron chi connectivity index (χ3n) is 5.42. The molecular formula is C24H29N7O. The molecule has 4 heterocycles. The van der Waals surface area contributed by atoms with Gasteiger partial charge in [0.05, 0.1) is 23.7 Å². The molecular weight excluding hydrogens is 402 g/mol. The molecule has 0 amide bonds. The van der Waals surface area contributed by atoms with E-state index in [1.165, 1.54) is 5.56 Å². The van der Waals surface area contributed by atoms with Crippen LogP contribution in [0.15, 0.2) is 55.1 Å². The normalized spacial score (nSPS) is 14.5. The van der Waals surface area contributed by atoms with Crippen LogP contribution >= 0.6 is 0 Å². The molecule has 4 rings (SSSR count). The lowest BCUT2D eigenvalue weighted by Gasteiger charge is -2.35. The average Bonchev–Trinajstić information content (AvgIpc) is 2.81. The maximum atomic E-state index is 8.74. The number of nitrogen functional groups attached to an aromatic ring is 1. The Morgan fingerprint density at radius 3 is 2.53 bits per heavy atom. The zero-order valence-electron chi connectivity index (χ0n) is 18.5. The number of hydrogen-bond donors (Lipinski definition) is 2. The molecule has 166 valence electrons. The average molecular weight is 432 g/mol. The third-order valence-corrected chi connectivity index (χ3v) is 5.42. The second-order valence-electron chi connectivity index (χ2n) is 8.17. The van der Waals surface area contributed by atoms with Gasteiger partial charge in [-0.1, -0.05) is 0 Å². The summed E-state index contributed by atoms with van der Waals surface area (Å²) >= 11 is 0. The van der Waals surface area contributed by atoms with Crippen molar-refractivity contribution in [1.82, 2.24) is 19.9 Å². The Morgan fingerprint density at radius 1 is 1.06 bits per heavy atom. The van der Waals surface area contributed by atoms with E-state index >= 15 is 0 Å². The second kappa shape index (κ2) is 9.74. The van der Waals surface area contributed by atoms with Crippen LogP contribution in [-0.4, -0.2) is 57.8 Å². The van der Waals surface area contributed by atoms with Crippen LogP contribution in [-0.2, 0) is 6.54 Å². The van der Waals surface area contributed by atoms with Crippen molar-refractivity contribution in [3.8, 4) is 5.88 Å². The lowest BCUT2D eigenvalue weighted by molar-refractivity contribution is 0.232. The summed E-state index contributed by atoms with van der Waals surface area (Å²) in [6.45, 7) is 8.50. The first-order valence-electron chi connectivity index (χ1n) is 10.8. The summed E-state index contributed by atoms with van der Waals surface area (Å²) in [5.74, 6) is 1.34. The van der Waals surface area contributed by atoms with Crippen molar-refractivity contribution < 1.29 is 4.74 Å². The van der Waals surface area contributed by atoms with E-state index in [2.05, 4.69) is 36.9 Å². The van der Waals surface area contributed by atoms with Crippen LogP contribution in [0.2, 0.25) is 0 Å². The molecule has 3 aromatic rings. The van der Waals surface area contributed by atoms with Gasteiger partial charge in [0.1, 0.15) is 5.82 Å². The molecule has 0 saturated carbocycles. The van der Waals surface area contributed by atoms with E-state index in [4.69, 9.17) is 15.9 Å². The highest BCUT2D eigenvalue weighted by Gasteiger charge is 2.19. The fourth-order valence-corrected chi connectivity index (χ4v) is 3.75. The summed E-state index contributed by atoms with van der Waals surface area (Å²) in [4.78, 5) is 17.6. The van der Waals surface area contributed by atoms with Crippen LogP contribution in [0.5, 0.6) is 5.88 Å². The molecule has 0 aliphatic carbocycles. The number of hydrogen-bond acceptors (Lipinski definition) is 8. The Kier molecular flexibility index (Phi) is 6.61. The maximum Gasteiger partial charge on any atom is 0.214 e. The minimum Gasteiger partial charge on any atom is -0.475 e.